The van der Waals surface area contributed by atoms with Crippen LogP contribution in [0.5, 0.6) is 0 Å². The zero-order valence-corrected chi connectivity index (χ0v) is 12.8. The molecule has 3 N–H and O–H groups in total. The predicted molar refractivity (Wildman–Crippen MR) is 81.7 cm³/mol. The summed E-state index contributed by atoms with van der Waals surface area (Å²) >= 11 is 3.52. The third kappa shape index (κ3) is 3.07. The number of rotatable bonds is 3. The number of hydrogen-bond donors (Lipinski definition) is 2. The zero-order chi connectivity index (χ0) is 13.2. The van der Waals surface area contributed by atoms with Crippen molar-refractivity contribution in [2.75, 3.05) is 11.9 Å². The Balaban J connectivity index is 2.13. The molecule has 2 nitrogen and oxygen atoms in total. The van der Waals surface area contributed by atoms with E-state index in [2.05, 4.69) is 53.3 Å². The summed E-state index contributed by atoms with van der Waals surface area (Å²) in [5.41, 5.74) is 7.30. The lowest BCUT2D eigenvalue weighted by Gasteiger charge is -2.43. The lowest BCUT2D eigenvalue weighted by molar-refractivity contribution is 0.196. The van der Waals surface area contributed by atoms with Crippen LogP contribution >= 0.6 is 15.9 Å². The fourth-order valence-corrected chi connectivity index (χ4v) is 3.33. The molecule has 0 heterocycles. The van der Waals surface area contributed by atoms with E-state index in [1.54, 1.807) is 0 Å². The summed E-state index contributed by atoms with van der Waals surface area (Å²) in [5.74, 6) is 1.55. The fourth-order valence-electron chi connectivity index (χ4n) is 2.93. The van der Waals surface area contributed by atoms with Gasteiger partial charge in [0.05, 0.1) is 0 Å². The van der Waals surface area contributed by atoms with Crippen LogP contribution in [0.1, 0.15) is 33.1 Å². The van der Waals surface area contributed by atoms with Crippen LogP contribution in [0.15, 0.2) is 28.7 Å². The minimum absolute atomic E-state index is 0.0761. The second-order valence-electron chi connectivity index (χ2n) is 5.82. The Bertz CT molecular complexity index is 407. The normalized spacial score (nSPS) is 32.2. The number of benzene rings is 1. The summed E-state index contributed by atoms with van der Waals surface area (Å²) in [6, 6.07) is 8.35. The molecule has 3 heteroatoms. The summed E-state index contributed by atoms with van der Waals surface area (Å²) < 4.78 is 1.11. The van der Waals surface area contributed by atoms with Gasteiger partial charge in [-0.3, -0.25) is 0 Å². The van der Waals surface area contributed by atoms with Crippen LogP contribution < -0.4 is 11.1 Å². The van der Waals surface area contributed by atoms with E-state index in [0.29, 0.717) is 6.54 Å². The first-order valence-corrected chi connectivity index (χ1v) is 7.58. The summed E-state index contributed by atoms with van der Waals surface area (Å²) in [6.45, 7) is 5.40. The average molecular weight is 311 g/mol. The van der Waals surface area contributed by atoms with E-state index in [1.807, 2.05) is 6.07 Å². The van der Waals surface area contributed by atoms with Crippen molar-refractivity contribution in [2.24, 2.45) is 17.6 Å². The van der Waals surface area contributed by atoms with Crippen molar-refractivity contribution in [3.05, 3.63) is 28.7 Å². The van der Waals surface area contributed by atoms with Gasteiger partial charge in [-0.15, -0.1) is 0 Å². The molecule has 1 aromatic carbocycles. The third-order valence-corrected chi connectivity index (χ3v) is 4.88. The van der Waals surface area contributed by atoms with E-state index in [1.165, 1.54) is 12.8 Å². The fraction of sp³-hybridized carbons (Fsp3) is 0.600. The molecule has 0 saturated heterocycles. The Hall–Kier alpha value is -0.540. The number of nitrogens with two attached hydrogens (primary N) is 1. The van der Waals surface area contributed by atoms with Gasteiger partial charge in [0.2, 0.25) is 0 Å². The summed E-state index contributed by atoms with van der Waals surface area (Å²) in [7, 11) is 0. The molecule has 1 aliphatic rings. The molecule has 100 valence electrons. The number of halogens is 1. The van der Waals surface area contributed by atoms with Gasteiger partial charge in [0, 0.05) is 22.2 Å². The Morgan fingerprint density at radius 2 is 2.17 bits per heavy atom. The number of anilines is 1. The quantitative estimate of drug-likeness (QED) is 0.885. The highest BCUT2D eigenvalue weighted by molar-refractivity contribution is 9.10. The summed E-state index contributed by atoms with van der Waals surface area (Å²) in [5, 5.41) is 3.68. The molecule has 3 unspecified atom stereocenters. The first-order chi connectivity index (χ1) is 8.54. The summed E-state index contributed by atoms with van der Waals surface area (Å²) in [6.07, 6.45) is 3.60. The maximum atomic E-state index is 6.06. The van der Waals surface area contributed by atoms with Gasteiger partial charge in [0.25, 0.3) is 0 Å². The van der Waals surface area contributed by atoms with Gasteiger partial charge >= 0.3 is 0 Å². The lowest BCUT2D eigenvalue weighted by atomic mass is 9.71. The molecule has 2 rings (SSSR count). The lowest BCUT2D eigenvalue weighted by Crippen LogP contribution is -2.50. The topological polar surface area (TPSA) is 38.0 Å². The van der Waals surface area contributed by atoms with Crippen LogP contribution in [0.25, 0.3) is 0 Å². The second-order valence-corrected chi connectivity index (χ2v) is 6.73. The van der Waals surface area contributed by atoms with E-state index in [0.717, 1.165) is 28.4 Å². The maximum Gasteiger partial charge on any atom is 0.0498 e. The SMILES string of the molecule is CC1CCC(CN)(Nc2cccc(Br)c2)CC1C. The molecule has 1 saturated carbocycles. The average Bonchev–Trinajstić information content (AvgIpc) is 2.34. The zero-order valence-electron chi connectivity index (χ0n) is 11.2. The highest BCUT2D eigenvalue weighted by atomic mass is 79.9. The van der Waals surface area contributed by atoms with E-state index < -0.39 is 0 Å². The molecule has 0 radical (unpaired) electrons. The van der Waals surface area contributed by atoms with Crippen LogP contribution in [-0.2, 0) is 0 Å². The molecular formula is C15H23BrN2. The largest absolute Gasteiger partial charge is 0.378 e. The van der Waals surface area contributed by atoms with Crippen LogP contribution in [0.3, 0.4) is 0 Å². The van der Waals surface area contributed by atoms with Crippen molar-refractivity contribution >= 4 is 21.6 Å². The standard InChI is InChI=1S/C15H23BrN2/c1-11-6-7-15(10-17,9-12(11)2)18-14-5-3-4-13(16)8-14/h3-5,8,11-12,18H,6-7,9-10,17H2,1-2H3. The van der Waals surface area contributed by atoms with Crippen LogP contribution in [0.2, 0.25) is 0 Å². The van der Waals surface area contributed by atoms with Crippen LogP contribution in [0, 0.1) is 11.8 Å². The van der Waals surface area contributed by atoms with Crippen LogP contribution in [0.4, 0.5) is 5.69 Å². The van der Waals surface area contributed by atoms with E-state index in [-0.39, 0.29) is 5.54 Å². The van der Waals surface area contributed by atoms with Gasteiger partial charge in [-0.05, 0) is 49.3 Å². The summed E-state index contributed by atoms with van der Waals surface area (Å²) in [4.78, 5) is 0. The highest BCUT2D eigenvalue weighted by Gasteiger charge is 2.36. The van der Waals surface area contributed by atoms with Crippen molar-refractivity contribution in [3.63, 3.8) is 0 Å². The monoisotopic (exact) mass is 310 g/mol. The smallest absolute Gasteiger partial charge is 0.0498 e. The van der Waals surface area contributed by atoms with Crippen LogP contribution in [-0.4, -0.2) is 12.1 Å². The molecule has 1 aromatic rings. The van der Waals surface area contributed by atoms with Gasteiger partial charge in [0.15, 0.2) is 0 Å². The van der Waals surface area contributed by atoms with Gasteiger partial charge in [-0.2, -0.15) is 0 Å². The first kappa shape index (κ1) is 13.9. The molecule has 1 aliphatic carbocycles. The predicted octanol–water partition coefficient (Wildman–Crippen LogP) is 4.01. The molecule has 18 heavy (non-hydrogen) atoms. The van der Waals surface area contributed by atoms with Crippen molar-refractivity contribution in [2.45, 2.75) is 38.6 Å². The van der Waals surface area contributed by atoms with Crippen molar-refractivity contribution in [1.82, 2.24) is 0 Å². The second kappa shape index (κ2) is 5.62. The number of nitrogens with one attached hydrogen (secondary N) is 1. The molecule has 0 bridgehead atoms. The molecule has 1 fully saturated rings. The molecular weight excluding hydrogens is 288 g/mol. The van der Waals surface area contributed by atoms with E-state index in [9.17, 15) is 0 Å². The molecule has 3 atom stereocenters. The van der Waals surface area contributed by atoms with Crippen molar-refractivity contribution in [3.8, 4) is 0 Å². The molecule has 0 spiro atoms. The molecule has 0 amide bonds. The van der Waals surface area contributed by atoms with Crippen molar-refractivity contribution in [1.29, 1.82) is 0 Å². The van der Waals surface area contributed by atoms with E-state index >= 15 is 0 Å². The van der Waals surface area contributed by atoms with Gasteiger partial charge < -0.3 is 11.1 Å². The molecule has 0 aliphatic heterocycles. The maximum absolute atomic E-state index is 6.06. The number of hydrogen-bond acceptors (Lipinski definition) is 2. The molecule has 0 aromatic heterocycles. The minimum atomic E-state index is 0.0761. The Morgan fingerprint density at radius 3 is 2.78 bits per heavy atom. The minimum Gasteiger partial charge on any atom is -0.378 e. The van der Waals surface area contributed by atoms with E-state index in [4.69, 9.17) is 5.73 Å². The Morgan fingerprint density at radius 1 is 1.39 bits per heavy atom. The first-order valence-electron chi connectivity index (χ1n) is 6.78. The van der Waals surface area contributed by atoms with Gasteiger partial charge in [0.1, 0.15) is 0 Å². The van der Waals surface area contributed by atoms with Crippen molar-refractivity contribution < 1.29 is 0 Å². The third-order valence-electron chi connectivity index (χ3n) is 4.39. The Kier molecular flexibility index (Phi) is 4.33. The highest BCUT2D eigenvalue weighted by Crippen LogP contribution is 2.38. The van der Waals surface area contributed by atoms with Gasteiger partial charge in [-0.1, -0.05) is 35.8 Å². The van der Waals surface area contributed by atoms with Gasteiger partial charge in [-0.25, -0.2) is 0 Å². The Labute approximate surface area is 118 Å².